The topological polar surface area (TPSA) is 107 Å². The molecule has 2 aliphatic heterocycles. The van der Waals surface area contributed by atoms with E-state index in [0.717, 1.165) is 5.57 Å². The molecule has 2 aliphatic rings. The number of rotatable bonds is 4. The van der Waals surface area contributed by atoms with Gasteiger partial charge in [-0.2, -0.15) is 9.97 Å². The molecule has 1 N–H and O–H groups in total. The number of nitrogens with zero attached hydrogens (tertiary/aromatic N) is 4. The average molecular weight is 347 g/mol. The quantitative estimate of drug-likeness (QED) is 0.870. The van der Waals surface area contributed by atoms with Crippen molar-refractivity contribution in [2.24, 2.45) is 5.16 Å². The van der Waals surface area contributed by atoms with E-state index in [4.69, 9.17) is 19.0 Å². The molecule has 0 bridgehead atoms. The summed E-state index contributed by atoms with van der Waals surface area (Å²) in [6.07, 6.45) is 5.15. The Labute approximate surface area is 143 Å². The predicted molar refractivity (Wildman–Crippen MR) is 87.4 cm³/mol. The molecule has 25 heavy (non-hydrogen) atoms. The summed E-state index contributed by atoms with van der Waals surface area (Å²) in [6, 6.07) is 1.09. The summed E-state index contributed by atoms with van der Waals surface area (Å²) in [5.74, 6) is 0.992. The molecule has 0 aromatic carbocycles. The molecule has 1 aromatic rings. The number of allylic oxidation sites excluding steroid dienone is 2. The lowest BCUT2D eigenvalue weighted by atomic mass is 10.2. The number of urea groups is 1. The van der Waals surface area contributed by atoms with E-state index < -0.39 is 6.03 Å². The molecule has 0 saturated carbocycles. The molecule has 0 unspecified atom stereocenters. The van der Waals surface area contributed by atoms with Crippen molar-refractivity contribution < 1.29 is 23.8 Å². The molecule has 10 heteroatoms. The van der Waals surface area contributed by atoms with Gasteiger partial charge in [0.1, 0.15) is 6.61 Å². The van der Waals surface area contributed by atoms with Crippen molar-refractivity contribution in [3.05, 3.63) is 30.0 Å². The SMILES string of the molecule is COc1cc(OC)nc(NC(=O)N2C=CC=C(C3=NOCCO3)C2)n1. The van der Waals surface area contributed by atoms with E-state index in [-0.39, 0.29) is 24.3 Å². The molecule has 2 amide bonds. The maximum absolute atomic E-state index is 12.5. The van der Waals surface area contributed by atoms with Crippen LogP contribution in [0.4, 0.5) is 10.7 Å². The standard InChI is InChI=1S/C15H17N5O5/c1-22-11-8-12(23-2)17-14(16-11)18-15(21)20-5-3-4-10(9-20)13-19-25-7-6-24-13/h3-5,8H,6-7,9H2,1-2H3,(H,16,17,18,21). The molecule has 0 spiro atoms. The minimum Gasteiger partial charge on any atom is -0.481 e. The molecule has 3 heterocycles. The first-order valence-corrected chi connectivity index (χ1v) is 7.45. The highest BCUT2D eigenvalue weighted by Gasteiger charge is 2.22. The lowest BCUT2D eigenvalue weighted by Crippen LogP contribution is -2.36. The second-order valence-corrected chi connectivity index (χ2v) is 4.95. The monoisotopic (exact) mass is 347 g/mol. The van der Waals surface area contributed by atoms with E-state index >= 15 is 0 Å². The first-order valence-electron chi connectivity index (χ1n) is 7.45. The first kappa shape index (κ1) is 16.6. The van der Waals surface area contributed by atoms with Gasteiger partial charge in [-0.15, -0.1) is 0 Å². The average Bonchev–Trinajstić information content (AvgIpc) is 2.68. The smallest absolute Gasteiger partial charge is 0.328 e. The van der Waals surface area contributed by atoms with Gasteiger partial charge < -0.3 is 19.0 Å². The highest BCUT2D eigenvalue weighted by atomic mass is 16.7. The number of methoxy groups -OCH3 is 2. The summed E-state index contributed by atoms with van der Waals surface area (Å²) < 4.78 is 15.5. The Bertz CT molecular complexity index is 724. The van der Waals surface area contributed by atoms with Gasteiger partial charge in [-0.25, -0.2) is 4.79 Å². The molecule has 0 radical (unpaired) electrons. The highest BCUT2D eigenvalue weighted by Crippen LogP contribution is 2.18. The maximum Gasteiger partial charge on any atom is 0.328 e. The van der Waals surface area contributed by atoms with Crippen LogP contribution in [-0.4, -0.2) is 60.8 Å². The van der Waals surface area contributed by atoms with Crippen molar-refractivity contribution >= 4 is 17.9 Å². The van der Waals surface area contributed by atoms with Crippen LogP contribution in [0.1, 0.15) is 0 Å². The van der Waals surface area contributed by atoms with E-state index in [0.29, 0.717) is 19.1 Å². The van der Waals surface area contributed by atoms with E-state index in [2.05, 4.69) is 20.4 Å². The lowest BCUT2D eigenvalue weighted by Gasteiger charge is -2.24. The van der Waals surface area contributed by atoms with Gasteiger partial charge in [0.25, 0.3) is 5.90 Å². The summed E-state index contributed by atoms with van der Waals surface area (Å²) in [7, 11) is 2.93. The van der Waals surface area contributed by atoms with Crippen LogP contribution in [0.25, 0.3) is 0 Å². The van der Waals surface area contributed by atoms with Gasteiger partial charge in [0.2, 0.25) is 17.7 Å². The number of aromatic nitrogens is 2. The van der Waals surface area contributed by atoms with E-state index in [1.165, 1.54) is 25.2 Å². The van der Waals surface area contributed by atoms with Crippen LogP contribution in [0.5, 0.6) is 11.8 Å². The number of carbonyl (C=O) groups is 1. The van der Waals surface area contributed by atoms with Crippen LogP contribution in [0, 0.1) is 0 Å². The van der Waals surface area contributed by atoms with Crippen LogP contribution >= 0.6 is 0 Å². The molecule has 0 saturated heterocycles. The largest absolute Gasteiger partial charge is 0.481 e. The fourth-order valence-electron chi connectivity index (χ4n) is 2.12. The zero-order valence-electron chi connectivity index (χ0n) is 13.8. The Morgan fingerprint density at radius 3 is 2.64 bits per heavy atom. The second kappa shape index (κ2) is 7.51. The minimum atomic E-state index is -0.422. The molecular weight excluding hydrogens is 330 g/mol. The van der Waals surface area contributed by atoms with Crippen LogP contribution in [0.3, 0.4) is 0 Å². The van der Waals surface area contributed by atoms with Gasteiger partial charge in [0.05, 0.1) is 26.8 Å². The van der Waals surface area contributed by atoms with Gasteiger partial charge in [0.15, 0.2) is 6.61 Å². The van der Waals surface area contributed by atoms with Crippen molar-refractivity contribution in [1.29, 1.82) is 0 Å². The molecule has 3 rings (SSSR count). The fraction of sp³-hybridized carbons (Fsp3) is 0.333. The predicted octanol–water partition coefficient (Wildman–Crippen LogP) is 1.14. The number of anilines is 1. The van der Waals surface area contributed by atoms with Crippen molar-refractivity contribution in [2.45, 2.75) is 0 Å². The Morgan fingerprint density at radius 2 is 2.00 bits per heavy atom. The van der Waals surface area contributed by atoms with Gasteiger partial charge in [0, 0.05) is 11.8 Å². The van der Waals surface area contributed by atoms with E-state index in [1.54, 1.807) is 12.3 Å². The fourth-order valence-corrected chi connectivity index (χ4v) is 2.12. The third-order valence-electron chi connectivity index (χ3n) is 3.32. The summed E-state index contributed by atoms with van der Waals surface area (Å²) in [5.41, 5.74) is 0.724. The second-order valence-electron chi connectivity index (χ2n) is 4.95. The molecule has 132 valence electrons. The van der Waals surface area contributed by atoms with E-state index in [9.17, 15) is 4.79 Å². The molecule has 0 aliphatic carbocycles. The van der Waals surface area contributed by atoms with E-state index in [1.807, 2.05) is 6.08 Å². The maximum atomic E-state index is 12.5. The lowest BCUT2D eigenvalue weighted by molar-refractivity contribution is 0.0648. The third kappa shape index (κ3) is 3.97. The number of nitrogens with one attached hydrogen (secondary N) is 1. The number of oxime groups is 1. The Hall–Kier alpha value is -3.30. The zero-order valence-corrected chi connectivity index (χ0v) is 13.8. The van der Waals surface area contributed by atoms with Gasteiger partial charge >= 0.3 is 6.03 Å². The number of carbonyl (C=O) groups excluding carboxylic acids is 1. The van der Waals surface area contributed by atoms with Gasteiger partial charge in [-0.05, 0) is 11.2 Å². The van der Waals surface area contributed by atoms with Gasteiger partial charge in [-0.1, -0.05) is 6.08 Å². The summed E-state index contributed by atoms with van der Waals surface area (Å²) in [4.78, 5) is 27.0. The normalized spacial score (nSPS) is 16.2. The number of amides is 2. The Kier molecular flexibility index (Phi) is 4.97. The van der Waals surface area contributed by atoms with Gasteiger partial charge in [-0.3, -0.25) is 10.2 Å². The van der Waals surface area contributed by atoms with Crippen molar-refractivity contribution in [3.63, 3.8) is 0 Å². The number of ether oxygens (including phenoxy) is 3. The number of hydrogen-bond acceptors (Lipinski definition) is 8. The van der Waals surface area contributed by atoms with Crippen LogP contribution in [-0.2, 0) is 9.57 Å². The summed E-state index contributed by atoms with van der Waals surface area (Å²) in [5, 5.41) is 6.45. The minimum absolute atomic E-state index is 0.0697. The molecule has 1 aromatic heterocycles. The summed E-state index contributed by atoms with van der Waals surface area (Å²) >= 11 is 0. The third-order valence-corrected chi connectivity index (χ3v) is 3.32. The van der Waals surface area contributed by atoms with Crippen LogP contribution < -0.4 is 14.8 Å². The Morgan fingerprint density at radius 1 is 1.24 bits per heavy atom. The molecule has 0 fully saturated rings. The van der Waals surface area contributed by atoms with Crippen molar-refractivity contribution in [2.75, 3.05) is 39.3 Å². The van der Waals surface area contributed by atoms with Crippen LogP contribution in [0.15, 0.2) is 35.1 Å². The first-order chi connectivity index (χ1) is 12.2. The zero-order chi connectivity index (χ0) is 17.6. The molecule has 0 atom stereocenters. The summed E-state index contributed by atoms with van der Waals surface area (Å²) in [6.45, 7) is 1.10. The molecular formula is C15H17N5O5. The Balaban J connectivity index is 1.69. The van der Waals surface area contributed by atoms with Crippen molar-refractivity contribution in [3.8, 4) is 11.8 Å². The highest BCUT2D eigenvalue weighted by molar-refractivity contribution is 5.96. The molecule has 10 nitrogen and oxygen atoms in total. The number of hydrogen-bond donors (Lipinski definition) is 1. The van der Waals surface area contributed by atoms with Crippen molar-refractivity contribution in [1.82, 2.24) is 14.9 Å². The van der Waals surface area contributed by atoms with Crippen LogP contribution in [0.2, 0.25) is 0 Å².